The van der Waals surface area contributed by atoms with Crippen molar-refractivity contribution in [1.82, 2.24) is 4.90 Å². The Kier molecular flexibility index (Phi) is 3.33. The second kappa shape index (κ2) is 4.96. The summed E-state index contributed by atoms with van der Waals surface area (Å²) in [6.07, 6.45) is 4.97. The van der Waals surface area contributed by atoms with Crippen molar-refractivity contribution in [2.45, 2.75) is 41.9 Å². The van der Waals surface area contributed by atoms with E-state index in [9.17, 15) is 4.79 Å². The van der Waals surface area contributed by atoms with Crippen LogP contribution in [0.25, 0.3) is 0 Å². The van der Waals surface area contributed by atoms with Crippen LogP contribution in [0.4, 0.5) is 0 Å². The number of thioether (sulfide) groups is 1. The largest absolute Gasteiger partial charge is 0.341 e. The molecule has 1 aliphatic carbocycles. The summed E-state index contributed by atoms with van der Waals surface area (Å²) in [6, 6.07) is 10.8. The van der Waals surface area contributed by atoms with E-state index in [1.807, 2.05) is 30.1 Å². The van der Waals surface area contributed by atoms with Gasteiger partial charge < -0.3 is 4.90 Å². The second-order valence-electron chi connectivity index (χ2n) is 5.32. The lowest BCUT2D eigenvalue weighted by Gasteiger charge is -2.29. The molecule has 2 fully saturated rings. The van der Waals surface area contributed by atoms with E-state index in [0.29, 0.717) is 17.9 Å². The lowest BCUT2D eigenvalue weighted by Crippen LogP contribution is -2.33. The molecule has 2 aliphatic rings. The highest BCUT2D eigenvalue weighted by Crippen LogP contribution is 2.43. The van der Waals surface area contributed by atoms with Crippen molar-refractivity contribution in [2.75, 3.05) is 7.05 Å². The summed E-state index contributed by atoms with van der Waals surface area (Å²) in [5.74, 6) is 0.891. The predicted molar refractivity (Wildman–Crippen MR) is 74.6 cm³/mol. The smallest absolute Gasteiger partial charge is 0.236 e. The second-order valence-corrected chi connectivity index (χ2v) is 6.53. The Morgan fingerprint density at radius 1 is 1.17 bits per heavy atom. The highest BCUT2D eigenvalue weighted by molar-refractivity contribution is 8.00. The van der Waals surface area contributed by atoms with Crippen molar-refractivity contribution in [2.24, 2.45) is 5.92 Å². The first kappa shape index (κ1) is 12.1. The van der Waals surface area contributed by atoms with E-state index in [1.165, 1.54) is 30.6 Å². The van der Waals surface area contributed by atoms with E-state index in [0.717, 1.165) is 0 Å². The number of nitrogens with zero attached hydrogens (tertiary/aromatic N) is 1. The van der Waals surface area contributed by atoms with E-state index in [2.05, 4.69) is 12.1 Å². The van der Waals surface area contributed by atoms with Crippen LogP contribution in [-0.4, -0.2) is 29.1 Å². The molecule has 18 heavy (non-hydrogen) atoms. The van der Waals surface area contributed by atoms with Crippen LogP contribution in [0.5, 0.6) is 0 Å². The van der Waals surface area contributed by atoms with Crippen LogP contribution in [0.1, 0.15) is 25.7 Å². The number of carbonyl (C=O) groups is 1. The number of hydrogen-bond acceptors (Lipinski definition) is 2. The van der Waals surface area contributed by atoms with Crippen LogP contribution in [0.15, 0.2) is 35.2 Å². The summed E-state index contributed by atoms with van der Waals surface area (Å²) in [7, 11) is 1.98. The van der Waals surface area contributed by atoms with Crippen molar-refractivity contribution in [3.63, 3.8) is 0 Å². The zero-order chi connectivity index (χ0) is 12.5. The average molecular weight is 261 g/mol. The molecule has 1 amide bonds. The van der Waals surface area contributed by atoms with Gasteiger partial charge in [0.05, 0.1) is 5.25 Å². The van der Waals surface area contributed by atoms with Crippen LogP contribution in [0.2, 0.25) is 0 Å². The third-order valence-corrected chi connectivity index (χ3v) is 5.61. The minimum Gasteiger partial charge on any atom is -0.341 e. The van der Waals surface area contributed by atoms with E-state index >= 15 is 0 Å². The lowest BCUT2D eigenvalue weighted by atomic mass is 9.85. The summed E-state index contributed by atoms with van der Waals surface area (Å²) >= 11 is 1.76. The van der Waals surface area contributed by atoms with Crippen molar-refractivity contribution < 1.29 is 4.79 Å². The average Bonchev–Trinajstić information content (AvgIpc) is 2.66. The van der Waals surface area contributed by atoms with Gasteiger partial charge in [-0.2, -0.15) is 0 Å². The first-order chi connectivity index (χ1) is 8.77. The Morgan fingerprint density at radius 2 is 1.89 bits per heavy atom. The topological polar surface area (TPSA) is 20.3 Å². The number of amides is 1. The molecule has 0 radical (unpaired) electrons. The molecule has 0 unspecified atom stereocenters. The third-order valence-electron chi connectivity index (χ3n) is 4.27. The Hall–Kier alpha value is -0.960. The molecule has 3 rings (SSSR count). The normalized spacial score (nSPS) is 31.5. The fourth-order valence-electron chi connectivity index (χ4n) is 3.30. The SMILES string of the molecule is CN1C(=O)[C@H](Sc2ccccc2)[C@@H]2CCCC[C@@H]21. The van der Waals surface area contributed by atoms with Gasteiger partial charge in [-0.25, -0.2) is 0 Å². The molecule has 1 saturated heterocycles. The number of rotatable bonds is 2. The first-order valence-electron chi connectivity index (χ1n) is 6.76. The molecule has 3 heteroatoms. The third kappa shape index (κ3) is 2.05. The lowest BCUT2D eigenvalue weighted by molar-refractivity contribution is -0.127. The fraction of sp³-hybridized carbons (Fsp3) is 0.533. The van der Waals surface area contributed by atoms with Crippen LogP contribution < -0.4 is 0 Å². The van der Waals surface area contributed by atoms with Gasteiger partial charge in [0.25, 0.3) is 0 Å². The molecular weight excluding hydrogens is 242 g/mol. The van der Waals surface area contributed by atoms with E-state index in [-0.39, 0.29) is 5.25 Å². The molecule has 3 atom stereocenters. The maximum atomic E-state index is 12.4. The van der Waals surface area contributed by atoms with Gasteiger partial charge in [0, 0.05) is 23.9 Å². The first-order valence-corrected chi connectivity index (χ1v) is 7.64. The maximum absolute atomic E-state index is 12.4. The molecule has 1 aromatic rings. The zero-order valence-corrected chi connectivity index (χ0v) is 11.5. The minimum absolute atomic E-state index is 0.141. The highest BCUT2D eigenvalue weighted by Gasteiger charge is 2.47. The molecule has 1 saturated carbocycles. The predicted octanol–water partition coefficient (Wildman–Crippen LogP) is 3.18. The molecule has 0 spiro atoms. The van der Waals surface area contributed by atoms with Gasteiger partial charge in [0.15, 0.2) is 0 Å². The highest BCUT2D eigenvalue weighted by atomic mass is 32.2. The summed E-state index contributed by atoms with van der Waals surface area (Å²) in [6.45, 7) is 0. The van der Waals surface area contributed by atoms with Crippen molar-refractivity contribution >= 4 is 17.7 Å². The molecule has 1 aliphatic heterocycles. The monoisotopic (exact) mass is 261 g/mol. The Labute approximate surface area is 113 Å². The number of benzene rings is 1. The minimum atomic E-state index is 0.141. The van der Waals surface area contributed by atoms with Crippen LogP contribution in [0, 0.1) is 5.92 Å². The summed E-state index contributed by atoms with van der Waals surface area (Å²) in [4.78, 5) is 15.6. The summed E-state index contributed by atoms with van der Waals surface area (Å²) < 4.78 is 0. The van der Waals surface area contributed by atoms with Gasteiger partial charge in [-0.15, -0.1) is 11.8 Å². The number of fused-ring (bicyclic) bond motifs is 1. The number of carbonyl (C=O) groups excluding carboxylic acids is 1. The van der Waals surface area contributed by atoms with Gasteiger partial charge in [0.2, 0.25) is 5.91 Å². The number of hydrogen-bond donors (Lipinski definition) is 0. The van der Waals surface area contributed by atoms with Gasteiger partial charge in [-0.3, -0.25) is 4.79 Å². The standard InChI is InChI=1S/C15H19NOS/c1-16-13-10-6-5-9-12(13)14(15(16)17)18-11-7-3-2-4-8-11/h2-4,7-8,12-14H,5-6,9-10H2,1H3/t12-,13+,14-/m1/s1. The van der Waals surface area contributed by atoms with Gasteiger partial charge in [-0.05, 0) is 25.0 Å². The van der Waals surface area contributed by atoms with E-state index in [1.54, 1.807) is 11.8 Å². The van der Waals surface area contributed by atoms with Gasteiger partial charge >= 0.3 is 0 Å². The molecule has 0 aromatic heterocycles. The van der Waals surface area contributed by atoms with Crippen molar-refractivity contribution in [1.29, 1.82) is 0 Å². The Balaban J connectivity index is 1.80. The van der Waals surface area contributed by atoms with Crippen LogP contribution in [0.3, 0.4) is 0 Å². The summed E-state index contributed by atoms with van der Waals surface area (Å²) in [5, 5.41) is 0.141. The maximum Gasteiger partial charge on any atom is 0.236 e. The van der Waals surface area contributed by atoms with Gasteiger partial charge in [-0.1, -0.05) is 31.0 Å². The summed E-state index contributed by atoms with van der Waals surface area (Å²) in [5.41, 5.74) is 0. The fourth-order valence-corrected chi connectivity index (χ4v) is 4.67. The molecule has 0 N–H and O–H groups in total. The van der Waals surface area contributed by atoms with Crippen LogP contribution in [-0.2, 0) is 4.79 Å². The van der Waals surface area contributed by atoms with Crippen LogP contribution >= 0.6 is 11.8 Å². The van der Waals surface area contributed by atoms with E-state index < -0.39 is 0 Å². The number of likely N-dealkylation sites (tertiary alicyclic amines) is 1. The van der Waals surface area contributed by atoms with Crippen molar-refractivity contribution in [3.05, 3.63) is 30.3 Å². The Morgan fingerprint density at radius 3 is 2.67 bits per heavy atom. The Bertz CT molecular complexity index is 433. The zero-order valence-electron chi connectivity index (χ0n) is 10.7. The molecular formula is C15H19NOS. The van der Waals surface area contributed by atoms with Gasteiger partial charge in [0.1, 0.15) is 0 Å². The molecule has 96 valence electrons. The molecule has 2 nitrogen and oxygen atoms in total. The molecule has 1 heterocycles. The molecule has 0 bridgehead atoms. The van der Waals surface area contributed by atoms with Crippen molar-refractivity contribution in [3.8, 4) is 0 Å². The van der Waals surface area contributed by atoms with E-state index in [4.69, 9.17) is 0 Å². The molecule has 1 aromatic carbocycles. The quantitative estimate of drug-likeness (QED) is 0.815.